The number of carbonyl (C=O) groups is 1. The second-order valence-corrected chi connectivity index (χ2v) is 11.5. The molecule has 1 saturated carbocycles. The highest BCUT2D eigenvalue weighted by atomic mass is 32.2. The first-order chi connectivity index (χ1) is 18.6. The van der Waals surface area contributed by atoms with Crippen LogP contribution in [0.25, 0.3) is 5.69 Å². The molecule has 200 valence electrons. The fourth-order valence-corrected chi connectivity index (χ4v) is 6.21. The fourth-order valence-electron chi connectivity index (χ4n) is 4.64. The topological polar surface area (TPSA) is 76.5 Å². The smallest absolute Gasteiger partial charge is 0.264 e. The van der Waals surface area contributed by atoms with Crippen molar-refractivity contribution in [3.8, 4) is 5.69 Å². The number of nitrogens with one attached hydrogen (secondary N) is 1. The number of hydrogen-bond acceptors (Lipinski definition) is 7. The molecule has 0 atom stereocenters. The maximum atomic E-state index is 13.8. The second-order valence-electron chi connectivity index (χ2n) is 9.72. The number of thioether (sulfide) groups is 1. The third-order valence-electron chi connectivity index (χ3n) is 7.05. The lowest BCUT2D eigenvalue weighted by Gasteiger charge is -2.30. The summed E-state index contributed by atoms with van der Waals surface area (Å²) in [4.78, 5) is 34.3. The number of hydrogen-bond donors (Lipinski definition) is 2. The van der Waals surface area contributed by atoms with Crippen molar-refractivity contribution < 1.29 is 9.53 Å². The molecule has 1 amide bonds. The number of amides is 1. The molecule has 7 nitrogen and oxygen atoms in total. The number of rotatable bonds is 11. The van der Waals surface area contributed by atoms with Crippen molar-refractivity contribution in [2.45, 2.75) is 60.6 Å². The highest BCUT2D eigenvalue weighted by molar-refractivity contribution is 7.99. The van der Waals surface area contributed by atoms with Gasteiger partial charge in [0, 0.05) is 42.6 Å². The van der Waals surface area contributed by atoms with Gasteiger partial charge in [0.1, 0.15) is 0 Å². The van der Waals surface area contributed by atoms with Gasteiger partial charge in [-0.2, -0.15) is 0 Å². The van der Waals surface area contributed by atoms with Gasteiger partial charge in [0.15, 0.2) is 5.16 Å². The molecule has 0 radical (unpaired) electrons. The number of ether oxygens (including phenoxy) is 1. The zero-order chi connectivity index (χ0) is 26.3. The molecular weight excluding hydrogens is 516 g/mol. The van der Waals surface area contributed by atoms with Crippen LogP contribution in [-0.2, 0) is 29.1 Å². The van der Waals surface area contributed by atoms with Crippen molar-refractivity contribution in [2.75, 3.05) is 26.2 Å². The van der Waals surface area contributed by atoms with Crippen molar-refractivity contribution in [1.82, 2.24) is 19.8 Å². The molecule has 3 aromatic rings. The van der Waals surface area contributed by atoms with Crippen molar-refractivity contribution in [2.24, 2.45) is 0 Å². The molecule has 1 aliphatic heterocycles. The summed E-state index contributed by atoms with van der Waals surface area (Å²) >= 11 is 6.31. The Morgan fingerprint density at radius 1 is 1.11 bits per heavy atom. The van der Waals surface area contributed by atoms with Gasteiger partial charge in [-0.3, -0.25) is 14.2 Å². The number of aromatic nitrogens is 2. The summed E-state index contributed by atoms with van der Waals surface area (Å²) in [6, 6.07) is 17.7. The Morgan fingerprint density at radius 2 is 1.89 bits per heavy atom. The standard InChI is InChI=1S/C29H34N4O3S2/c34-27(13-15-30-16-18-36-20-21-7-2-1-3-8-21)32-17-14-24-23(19-32)28(35)33(25-11-4-5-12-26(25)37)29(31-24)38-22-9-6-10-22/h1-5,7-8,11-12,22,30,37H,6,9-10,13-20H2. The van der Waals surface area contributed by atoms with E-state index in [9.17, 15) is 9.59 Å². The number of carbonyl (C=O) groups excluding carboxylic acids is 1. The lowest BCUT2D eigenvalue weighted by Crippen LogP contribution is -2.42. The van der Waals surface area contributed by atoms with Crippen LogP contribution in [0.1, 0.15) is 42.5 Å². The van der Waals surface area contributed by atoms with Crippen molar-refractivity contribution >= 4 is 30.3 Å². The van der Waals surface area contributed by atoms with Crippen LogP contribution >= 0.6 is 24.4 Å². The minimum atomic E-state index is -0.0930. The minimum Gasteiger partial charge on any atom is -0.375 e. The maximum absolute atomic E-state index is 13.8. The van der Waals surface area contributed by atoms with Gasteiger partial charge in [-0.05, 0) is 30.5 Å². The second kappa shape index (κ2) is 13.0. The van der Waals surface area contributed by atoms with Crippen LogP contribution in [0.5, 0.6) is 0 Å². The van der Waals surface area contributed by atoms with Crippen LogP contribution < -0.4 is 10.9 Å². The number of fused-ring (bicyclic) bond motifs is 1. The zero-order valence-corrected chi connectivity index (χ0v) is 23.2. The molecule has 1 fully saturated rings. The van der Waals surface area contributed by atoms with E-state index in [-0.39, 0.29) is 11.5 Å². The lowest BCUT2D eigenvalue weighted by atomic mass is 10.0. The summed E-state index contributed by atoms with van der Waals surface area (Å²) in [5.74, 6) is 0.0434. The number of para-hydroxylation sites is 1. The van der Waals surface area contributed by atoms with Gasteiger partial charge < -0.3 is 15.0 Å². The molecule has 2 aromatic carbocycles. The fraction of sp³-hybridized carbons (Fsp3) is 0.414. The molecule has 2 heterocycles. The van der Waals surface area contributed by atoms with Crippen LogP contribution in [-0.4, -0.2) is 51.8 Å². The van der Waals surface area contributed by atoms with Gasteiger partial charge >= 0.3 is 0 Å². The van der Waals surface area contributed by atoms with Gasteiger partial charge in [0.05, 0.1) is 36.7 Å². The first kappa shape index (κ1) is 27.0. The van der Waals surface area contributed by atoms with Gasteiger partial charge in [-0.1, -0.05) is 60.6 Å². The highest BCUT2D eigenvalue weighted by Gasteiger charge is 2.29. The zero-order valence-electron chi connectivity index (χ0n) is 21.5. The van der Waals surface area contributed by atoms with E-state index < -0.39 is 0 Å². The monoisotopic (exact) mass is 550 g/mol. The van der Waals surface area contributed by atoms with E-state index in [1.54, 1.807) is 21.2 Å². The van der Waals surface area contributed by atoms with Gasteiger partial charge in [0.25, 0.3) is 5.56 Å². The Kier molecular flexibility index (Phi) is 9.22. The Bertz CT molecular complexity index is 1310. The summed E-state index contributed by atoms with van der Waals surface area (Å²) in [7, 11) is 0. The third-order valence-corrected chi connectivity index (χ3v) is 8.72. The normalized spacial score (nSPS) is 15.2. The van der Waals surface area contributed by atoms with E-state index in [0.29, 0.717) is 63.0 Å². The molecule has 38 heavy (non-hydrogen) atoms. The third kappa shape index (κ3) is 6.51. The van der Waals surface area contributed by atoms with Crippen LogP contribution in [0.3, 0.4) is 0 Å². The molecular formula is C29H34N4O3S2. The molecule has 0 spiro atoms. The molecule has 0 unspecified atom stereocenters. The summed E-state index contributed by atoms with van der Waals surface area (Å²) in [6.07, 6.45) is 4.50. The summed E-state index contributed by atoms with van der Waals surface area (Å²) in [5.41, 5.74) is 3.22. The van der Waals surface area contributed by atoms with Crippen molar-refractivity contribution in [3.63, 3.8) is 0 Å². The molecule has 9 heteroatoms. The van der Waals surface area contributed by atoms with E-state index in [4.69, 9.17) is 9.72 Å². The van der Waals surface area contributed by atoms with Crippen molar-refractivity contribution in [3.05, 3.63) is 81.8 Å². The summed E-state index contributed by atoms with van der Waals surface area (Å²) in [6.45, 7) is 3.30. The van der Waals surface area contributed by atoms with Crippen LogP contribution in [0.15, 0.2) is 69.4 Å². The van der Waals surface area contributed by atoms with E-state index >= 15 is 0 Å². The molecule has 0 bridgehead atoms. The SMILES string of the molecule is O=C(CCNCCOCc1ccccc1)N1CCc2nc(SC3CCC3)n(-c3ccccc3S)c(=O)c2C1. The molecule has 5 rings (SSSR count). The Hall–Kier alpha value is -2.59. The summed E-state index contributed by atoms with van der Waals surface area (Å²) in [5, 5.41) is 4.51. The molecule has 2 aliphatic rings. The largest absolute Gasteiger partial charge is 0.375 e. The predicted molar refractivity (Wildman–Crippen MR) is 153 cm³/mol. The molecule has 1 aromatic heterocycles. The lowest BCUT2D eigenvalue weighted by molar-refractivity contribution is -0.132. The van der Waals surface area contributed by atoms with E-state index in [0.717, 1.165) is 39.8 Å². The first-order valence-electron chi connectivity index (χ1n) is 13.3. The number of benzene rings is 2. The number of thiol groups is 1. The number of nitrogens with zero attached hydrogens (tertiary/aromatic N) is 3. The van der Waals surface area contributed by atoms with Crippen molar-refractivity contribution in [1.29, 1.82) is 0 Å². The van der Waals surface area contributed by atoms with E-state index in [1.165, 1.54) is 6.42 Å². The van der Waals surface area contributed by atoms with E-state index in [1.807, 2.05) is 54.6 Å². The first-order valence-corrected chi connectivity index (χ1v) is 14.6. The molecule has 1 aliphatic carbocycles. The molecule has 1 N–H and O–H groups in total. The average molecular weight is 551 g/mol. The molecule has 0 saturated heterocycles. The van der Waals surface area contributed by atoms with Gasteiger partial charge in [-0.15, -0.1) is 12.6 Å². The Balaban J connectivity index is 1.19. The minimum absolute atomic E-state index is 0.0434. The van der Waals surface area contributed by atoms with E-state index in [2.05, 4.69) is 17.9 Å². The predicted octanol–water partition coefficient (Wildman–Crippen LogP) is 4.25. The Labute approximate surface area is 233 Å². The van der Waals surface area contributed by atoms with Crippen LogP contribution in [0, 0.1) is 0 Å². The highest BCUT2D eigenvalue weighted by Crippen LogP contribution is 2.37. The van der Waals surface area contributed by atoms with Crippen LogP contribution in [0.2, 0.25) is 0 Å². The maximum Gasteiger partial charge on any atom is 0.264 e. The summed E-state index contributed by atoms with van der Waals surface area (Å²) < 4.78 is 7.39. The average Bonchev–Trinajstić information content (AvgIpc) is 2.91. The quantitative estimate of drug-likeness (QED) is 0.211. The Morgan fingerprint density at radius 3 is 2.66 bits per heavy atom. The van der Waals surface area contributed by atoms with Gasteiger partial charge in [0.2, 0.25) is 5.91 Å². The van der Waals surface area contributed by atoms with Crippen LogP contribution in [0.4, 0.5) is 0 Å². The van der Waals surface area contributed by atoms with Gasteiger partial charge in [-0.25, -0.2) is 4.98 Å².